The molecule has 2 rings (SSSR count). The lowest BCUT2D eigenvalue weighted by atomic mass is 10.3. The Labute approximate surface area is 104 Å². The Morgan fingerprint density at radius 1 is 1.47 bits per heavy atom. The van der Waals surface area contributed by atoms with E-state index in [9.17, 15) is 4.79 Å². The summed E-state index contributed by atoms with van der Waals surface area (Å²) in [6, 6.07) is 1.93. The van der Waals surface area contributed by atoms with E-state index in [1.54, 1.807) is 15.9 Å². The molecule has 0 aromatic carbocycles. The molecule has 0 bridgehead atoms. The Balaban J connectivity index is 2.77. The van der Waals surface area contributed by atoms with Gasteiger partial charge in [0, 0.05) is 11.3 Å². The molecule has 4 heteroatoms. The molecule has 0 aliphatic rings. The molecule has 0 spiro atoms. The van der Waals surface area contributed by atoms with Gasteiger partial charge in [-0.2, -0.15) is 0 Å². The fourth-order valence-electron chi connectivity index (χ4n) is 1.81. The lowest BCUT2D eigenvalue weighted by Crippen LogP contribution is -2.24. The van der Waals surface area contributed by atoms with Gasteiger partial charge in [0.25, 0.3) is 5.56 Å². The van der Waals surface area contributed by atoms with Crippen LogP contribution in [0, 0.1) is 12.3 Å². The lowest BCUT2D eigenvalue weighted by Gasteiger charge is -2.06. The first kappa shape index (κ1) is 11.9. The van der Waals surface area contributed by atoms with Gasteiger partial charge in [-0.25, -0.2) is 4.98 Å². The van der Waals surface area contributed by atoms with Gasteiger partial charge in [0.15, 0.2) is 0 Å². The van der Waals surface area contributed by atoms with E-state index in [4.69, 9.17) is 6.42 Å². The molecular weight excluding hydrogens is 232 g/mol. The third-order valence-electron chi connectivity index (χ3n) is 2.70. The number of rotatable bonds is 3. The van der Waals surface area contributed by atoms with Crippen molar-refractivity contribution in [1.29, 1.82) is 0 Å². The predicted molar refractivity (Wildman–Crippen MR) is 71.5 cm³/mol. The number of thiophene rings is 1. The number of fused-ring (bicyclic) bond motifs is 1. The number of hydrogen-bond acceptors (Lipinski definition) is 3. The van der Waals surface area contributed by atoms with E-state index in [0.717, 1.165) is 17.1 Å². The summed E-state index contributed by atoms with van der Waals surface area (Å²) in [6.07, 6.45) is 6.94. The van der Waals surface area contributed by atoms with Crippen molar-refractivity contribution in [2.75, 3.05) is 0 Å². The molecule has 0 N–H and O–H groups in total. The van der Waals surface area contributed by atoms with E-state index in [1.165, 1.54) is 4.88 Å². The van der Waals surface area contributed by atoms with Crippen LogP contribution in [-0.2, 0) is 19.4 Å². The van der Waals surface area contributed by atoms with Crippen LogP contribution in [0.2, 0.25) is 0 Å². The Bertz CT molecular complexity index is 646. The minimum atomic E-state index is -0.0132. The second-order valence-corrected chi connectivity index (χ2v) is 4.88. The average Bonchev–Trinajstić information content (AvgIpc) is 2.76. The highest BCUT2D eigenvalue weighted by atomic mass is 32.1. The maximum absolute atomic E-state index is 12.3. The second-order valence-electron chi connectivity index (χ2n) is 3.76. The van der Waals surface area contributed by atoms with Crippen molar-refractivity contribution in [1.82, 2.24) is 9.55 Å². The molecule has 0 saturated carbocycles. The molecule has 0 aliphatic carbocycles. The topological polar surface area (TPSA) is 34.9 Å². The van der Waals surface area contributed by atoms with Crippen LogP contribution in [-0.4, -0.2) is 9.55 Å². The zero-order chi connectivity index (χ0) is 12.4. The van der Waals surface area contributed by atoms with Gasteiger partial charge >= 0.3 is 0 Å². The van der Waals surface area contributed by atoms with Crippen molar-refractivity contribution in [3.63, 3.8) is 0 Å². The molecule has 0 aliphatic heterocycles. The van der Waals surface area contributed by atoms with Crippen LogP contribution < -0.4 is 5.56 Å². The molecule has 0 atom stereocenters. The standard InChI is InChI=1S/C13H14N2OS/c1-4-7-15-11(6-3)14-12-10(13(15)16)8-9(5-2)17-12/h1,8H,5-7H2,2-3H3. The SMILES string of the molecule is C#CCn1c(CC)nc2sc(CC)cc2c1=O. The number of aromatic nitrogens is 2. The van der Waals surface area contributed by atoms with Crippen LogP contribution in [0.1, 0.15) is 24.5 Å². The zero-order valence-electron chi connectivity index (χ0n) is 9.99. The second kappa shape index (κ2) is 4.72. The highest BCUT2D eigenvalue weighted by Gasteiger charge is 2.11. The molecule has 2 aromatic rings. The highest BCUT2D eigenvalue weighted by Crippen LogP contribution is 2.22. The summed E-state index contributed by atoms with van der Waals surface area (Å²) in [4.78, 5) is 18.8. The number of terminal acetylenes is 1. The van der Waals surface area contributed by atoms with E-state index >= 15 is 0 Å². The minimum Gasteiger partial charge on any atom is -0.284 e. The summed E-state index contributed by atoms with van der Waals surface area (Å²) < 4.78 is 1.59. The molecule has 2 heterocycles. The van der Waals surface area contributed by atoms with Crippen LogP contribution >= 0.6 is 11.3 Å². The van der Waals surface area contributed by atoms with Crippen molar-refractivity contribution in [2.45, 2.75) is 33.2 Å². The fraction of sp³-hybridized carbons (Fsp3) is 0.385. The van der Waals surface area contributed by atoms with Gasteiger partial charge in [-0.15, -0.1) is 17.8 Å². The van der Waals surface area contributed by atoms with Gasteiger partial charge in [0.2, 0.25) is 0 Å². The smallest absolute Gasteiger partial charge is 0.263 e. The van der Waals surface area contributed by atoms with E-state index in [-0.39, 0.29) is 5.56 Å². The van der Waals surface area contributed by atoms with Gasteiger partial charge in [0.1, 0.15) is 10.7 Å². The van der Waals surface area contributed by atoms with Gasteiger partial charge in [0.05, 0.1) is 11.9 Å². The van der Waals surface area contributed by atoms with Crippen molar-refractivity contribution in [2.24, 2.45) is 0 Å². The fourth-order valence-corrected chi connectivity index (χ4v) is 2.78. The third-order valence-corrected chi connectivity index (χ3v) is 3.87. The maximum Gasteiger partial charge on any atom is 0.263 e. The Kier molecular flexibility index (Phi) is 3.30. The van der Waals surface area contributed by atoms with Crippen LogP contribution in [0.15, 0.2) is 10.9 Å². The monoisotopic (exact) mass is 246 g/mol. The largest absolute Gasteiger partial charge is 0.284 e. The predicted octanol–water partition coefficient (Wildman–Crippen LogP) is 2.22. The molecule has 2 aromatic heterocycles. The minimum absolute atomic E-state index is 0.0132. The summed E-state index contributed by atoms with van der Waals surface area (Å²) in [7, 11) is 0. The van der Waals surface area contributed by atoms with Gasteiger partial charge in [-0.3, -0.25) is 9.36 Å². The summed E-state index contributed by atoms with van der Waals surface area (Å²) in [5, 5.41) is 0.694. The zero-order valence-corrected chi connectivity index (χ0v) is 10.8. The van der Waals surface area contributed by atoms with Crippen LogP contribution in [0.3, 0.4) is 0 Å². The first-order chi connectivity index (χ1) is 8.21. The Morgan fingerprint density at radius 2 is 2.24 bits per heavy atom. The van der Waals surface area contributed by atoms with Crippen molar-refractivity contribution in [3.05, 3.63) is 27.1 Å². The molecule has 0 fully saturated rings. The Morgan fingerprint density at radius 3 is 2.82 bits per heavy atom. The lowest BCUT2D eigenvalue weighted by molar-refractivity contribution is 0.712. The highest BCUT2D eigenvalue weighted by molar-refractivity contribution is 7.18. The first-order valence-electron chi connectivity index (χ1n) is 5.66. The quantitative estimate of drug-likeness (QED) is 0.778. The summed E-state index contributed by atoms with van der Waals surface area (Å²) in [5.41, 5.74) is -0.0132. The molecule has 0 unspecified atom stereocenters. The molecule has 0 radical (unpaired) electrons. The van der Waals surface area contributed by atoms with E-state index in [1.807, 2.05) is 13.0 Å². The Hall–Kier alpha value is -1.60. The van der Waals surface area contributed by atoms with Gasteiger partial charge in [-0.1, -0.05) is 19.8 Å². The van der Waals surface area contributed by atoms with Gasteiger partial charge in [-0.05, 0) is 12.5 Å². The first-order valence-corrected chi connectivity index (χ1v) is 6.48. The molecule has 88 valence electrons. The molecule has 0 saturated heterocycles. The van der Waals surface area contributed by atoms with Crippen LogP contribution in [0.4, 0.5) is 0 Å². The van der Waals surface area contributed by atoms with Gasteiger partial charge < -0.3 is 0 Å². The molecule has 17 heavy (non-hydrogen) atoms. The summed E-state index contributed by atoms with van der Waals surface area (Å²) in [5.74, 6) is 3.28. The summed E-state index contributed by atoms with van der Waals surface area (Å²) >= 11 is 1.59. The summed E-state index contributed by atoms with van der Waals surface area (Å²) in [6.45, 7) is 4.35. The number of hydrogen-bond donors (Lipinski definition) is 0. The van der Waals surface area contributed by atoms with E-state index < -0.39 is 0 Å². The average molecular weight is 246 g/mol. The molecule has 3 nitrogen and oxygen atoms in total. The number of nitrogens with zero attached hydrogens (tertiary/aromatic N) is 2. The van der Waals surface area contributed by atoms with Crippen molar-refractivity contribution in [3.8, 4) is 12.3 Å². The van der Waals surface area contributed by atoms with Crippen molar-refractivity contribution < 1.29 is 0 Å². The van der Waals surface area contributed by atoms with E-state index in [2.05, 4.69) is 17.8 Å². The number of aryl methyl sites for hydroxylation is 2. The third kappa shape index (κ3) is 1.98. The molecular formula is C13H14N2OS. The van der Waals surface area contributed by atoms with E-state index in [0.29, 0.717) is 18.4 Å². The van der Waals surface area contributed by atoms with Crippen LogP contribution in [0.25, 0.3) is 10.2 Å². The van der Waals surface area contributed by atoms with Crippen LogP contribution in [0.5, 0.6) is 0 Å². The normalized spacial score (nSPS) is 10.6. The molecule has 0 amide bonds. The maximum atomic E-state index is 12.3. The van der Waals surface area contributed by atoms with Crippen molar-refractivity contribution >= 4 is 21.6 Å².